The highest BCUT2D eigenvalue weighted by atomic mass is 35.5. The molecule has 0 atom stereocenters. The standard InChI is InChI=1S/C20H18ClN5OS2/c1-2-10-26-19(14-11-28-16-8-4-3-6-13(14)16)24-25-20(26)29-12-17(27)23-15-7-5-9-22-18(15)21/h3-9,11H,2,10,12H2,1H3,(H,23,27). The molecule has 0 unspecified atom stereocenters. The average Bonchev–Trinajstić information content (AvgIpc) is 3.32. The van der Waals surface area contributed by atoms with E-state index in [9.17, 15) is 4.79 Å². The van der Waals surface area contributed by atoms with Crippen molar-refractivity contribution in [3.8, 4) is 11.4 Å². The maximum absolute atomic E-state index is 12.3. The predicted molar refractivity (Wildman–Crippen MR) is 120 cm³/mol. The minimum Gasteiger partial charge on any atom is -0.323 e. The number of amides is 1. The molecule has 4 aromatic rings. The summed E-state index contributed by atoms with van der Waals surface area (Å²) in [5.41, 5.74) is 1.57. The zero-order valence-electron chi connectivity index (χ0n) is 15.6. The molecule has 0 bridgehead atoms. The van der Waals surface area contributed by atoms with Crippen LogP contribution in [0, 0.1) is 0 Å². The fourth-order valence-electron chi connectivity index (χ4n) is 2.97. The molecule has 0 radical (unpaired) electrons. The molecule has 0 aliphatic rings. The van der Waals surface area contributed by atoms with E-state index in [4.69, 9.17) is 11.6 Å². The first-order chi connectivity index (χ1) is 14.2. The van der Waals surface area contributed by atoms with E-state index in [1.54, 1.807) is 29.7 Å². The van der Waals surface area contributed by atoms with Gasteiger partial charge in [0.15, 0.2) is 16.1 Å². The summed E-state index contributed by atoms with van der Waals surface area (Å²) in [6.07, 6.45) is 2.52. The van der Waals surface area contributed by atoms with Crippen LogP contribution in [-0.2, 0) is 11.3 Å². The van der Waals surface area contributed by atoms with Crippen LogP contribution in [0.2, 0.25) is 5.15 Å². The smallest absolute Gasteiger partial charge is 0.234 e. The molecular formula is C20H18ClN5OS2. The van der Waals surface area contributed by atoms with Crippen molar-refractivity contribution in [3.05, 3.63) is 53.1 Å². The Kier molecular flexibility index (Phi) is 6.13. The molecule has 29 heavy (non-hydrogen) atoms. The van der Waals surface area contributed by atoms with Gasteiger partial charge in [0.2, 0.25) is 5.91 Å². The molecule has 0 saturated carbocycles. The number of thioether (sulfide) groups is 1. The van der Waals surface area contributed by atoms with Gasteiger partial charge in [-0.15, -0.1) is 21.5 Å². The van der Waals surface area contributed by atoms with Crippen LogP contribution in [0.15, 0.2) is 53.1 Å². The molecule has 6 nitrogen and oxygen atoms in total. The van der Waals surface area contributed by atoms with Gasteiger partial charge in [-0.2, -0.15) is 0 Å². The van der Waals surface area contributed by atoms with Crippen LogP contribution < -0.4 is 5.32 Å². The molecule has 0 spiro atoms. The number of nitrogens with zero attached hydrogens (tertiary/aromatic N) is 4. The van der Waals surface area contributed by atoms with E-state index in [0.29, 0.717) is 5.69 Å². The van der Waals surface area contributed by atoms with Gasteiger partial charge < -0.3 is 9.88 Å². The van der Waals surface area contributed by atoms with Gasteiger partial charge in [0, 0.05) is 33.8 Å². The van der Waals surface area contributed by atoms with Crippen LogP contribution >= 0.6 is 34.7 Å². The van der Waals surface area contributed by atoms with Crippen molar-refractivity contribution in [1.82, 2.24) is 19.7 Å². The van der Waals surface area contributed by atoms with Crippen molar-refractivity contribution in [3.63, 3.8) is 0 Å². The van der Waals surface area contributed by atoms with Crippen LogP contribution in [0.25, 0.3) is 21.5 Å². The van der Waals surface area contributed by atoms with Crippen molar-refractivity contribution in [1.29, 1.82) is 0 Å². The number of rotatable bonds is 7. The van der Waals surface area contributed by atoms with E-state index < -0.39 is 0 Å². The van der Waals surface area contributed by atoms with Crippen LogP contribution in [0.1, 0.15) is 13.3 Å². The van der Waals surface area contributed by atoms with Gasteiger partial charge in [-0.1, -0.05) is 48.5 Å². The van der Waals surface area contributed by atoms with E-state index in [0.717, 1.165) is 29.5 Å². The van der Waals surface area contributed by atoms with Gasteiger partial charge in [0.25, 0.3) is 0 Å². The van der Waals surface area contributed by atoms with Crippen LogP contribution in [0.3, 0.4) is 0 Å². The number of hydrogen-bond donors (Lipinski definition) is 1. The molecule has 4 rings (SSSR count). The summed E-state index contributed by atoms with van der Waals surface area (Å²) in [5.74, 6) is 0.873. The Morgan fingerprint density at radius 2 is 2.10 bits per heavy atom. The molecule has 3 heterocycles. The molecule has 1 aromatic carbocycles. The Morgan fingerprint density at radius 1 is 1.24 bits per heavy atom. The van der Waals surface area contributed by atoms with Crippen molar-refractivity contribution in [2.24, 2.45) is 0 Å². The minimum absolute atomic E-state index is 0.168. The van der Waals surface area contributed by atoms with E-state index in [2.05, 4.69) is 49.5 Å². The predicted octanol–water partition coefficient (Wildman–Crippen LogP) is 5.35. The highest BCUT2D eigenvalue weighted by Gasteiger charge is 2.18. The number of hydrogen-bond acceptors (Lipinski definition) is 6. The third-order valence-electron chi connectivity index (χ3n) is 4.25. The monoisotopic (exact) mass is 443 g/mol. The Bertz CT molecular complexity index is 1160. The van der Waals surface area contributed by atoms with E-state index in [1.165, 1.54) is 21.8 Å². The summed E-state index contributed by atoms with van der Waals surface area (Å²) in [7, 11) is 0. The first kappa shape index (κ1) is 19.9. The van der Waals surface area contributed by atoms with Gasteiger partial charge in [0.05, 0.1) is 11.4 Å². The van der Waals surface area contributed by atoms with Gasteiger partial charge >= 0.3 is 0 Å². The Balaban J connectivity index is 1.54. The van der Waals surface area contributed by atoms with Crippen LogP contribution in [-0.4, -0.2) is 31.4 Å². The highest BCUT2D eigenvalue weighted by molar-refractivity contribution is 7.99. The second-order valence-electron chi connectivity index (χ2n) is 6.28. The van der Waals surface area contributed by atoms with Gasteiger partial charge in [-0.05, 0) is 24.6 Å². The van der Waals surface area contributed by atoms with E-state index in [1.807, 2.05) is 12.1 Å². The average molecular weight is 444 g/mol. The zero-order chi connectivity index (χ0) is 20.2. The SMILES string of the molecule is CCCn1c(SCC(=O)Nc2cccnc2Cl)nnc1-c1csc2ccccc12. The second kappa shape index (κ2) is 8.94. The fourth-order valence-corrected chi connectivity index (χ4v) is 4.84. The summed E-state index contributed by atoms with van der Waals surface area (Å²) in [6.45, 7) is 2.89. The molecule has 148 valence electrons. The van der Waals surface area contributed by atoms with Gasteiger partial charge in [-0.25, -0.2) is 4.98 Å². The topological polar surface area (TPSA) is 72.7 Å². The number of halogens is 1. The summed E-state index contributed by atoms with van der Waals surface area (Å²) < 4.78 is 3.30. The largest absolute Gasteiger partial charge is 0.323 e. The lowest BCUT2D eigenvalue weighted by Gasteiger charge is -2.09. The Hall–Kier alpha value is -2.42. The maximum atomic E-state index is 12.3. The summed E-state index contributed by atoms with van der Waals surface area (Å²) >= 11 is 9.06. The zero-order valence-corrected chi connectivity index (χ0v) is 18.0. The van der Waals surface area contributed by atoms with Gasteiger partial charge in [0.1, 0.15) is 0 Å². The van der Waals surface area contributed by atoms with Crippen molar-refractivity contribution >= 4 is 56.4 Å². The first-order valence-corrected chi connectivity index (χ1v) is 11.3. The number of thiophene rings is 1. The quantitative estimate of drug-likeness (QED) is 0.308. The van der Waals surface area contributed by atoms with Crippen molar-refractivity contribution in [2.45, 2.75) is 25.0 Å². The van der Waals surface area contributed by atoms with E-state index >= 15 is 0 Å². The lowest BCUT2D eigenvalue weighted by molar-refractivity contribution is -0.113. The molecule has 0 fully saturated rings. The number of carbonyl (C=O) groups excluding carboxylic acids is 1. The molecule has 0 aliphatic heterocycles. The number of aromatic nitrogens is 4. The summed E-state index contributed by atoms with van der Waals surface area (Å²) in [6, 6.07) is 11.7. The Morgan fingerprint density at radius 3 is 2.93 bits per heavy atom. The molecule has 9 heteroatoms. The first-order valence-electron chi connectivity index (χ1n) is 9.10. The number of carbonyl (C=O) groups is 1. The minimum atomic E-state index is -0.168. The normalized spacial score (nSPS) is 11.1. The summed E-state index contributed by atoms with van der Waals surface area (Å²) in [5, 5.41) is 15.9. The molecule has 0 saturated heterocycles. The number of pyridine rings is 1. The van der Waals surface area contributed by atoms with Gasteiger partial charge in [-0.3, -0.25) is 4.79 Å². The summed E-state index contributed by atoms with van der Waals surface area (Å²) in [4.78, 5) is 16.3. The second-order valence-corrected chi connectivity index (χ2v) is 8.49. The number of anilines is 1. The molecule has 1 amide bonds. The van der Waals surface area contributed by atoms with Crippen molar-refractivity contribution < 1.29 is 4.79 Å². The van der Waals surface area contributed by atoms with Crippen molar-refractivity contribution in [2.75, 3.05) is 11.1 Å². The van der Waals surface area contributed by atoms with E-state index in [-0.39, 0.29) is 16.8 Å². The van der Waals surface area contributed by atoms with Crippen LogP contribution in [0.5, 0.6) is 0 Å². The molecule has 3 aromatic heterocycles. The number of fused-ring (bicyclic) bond motifs is 1. The number of benzene rings is 1. The molecule has 1 N–H and O–H groups in total. The van der Waals surface area contributed by atoms with Crippen LogP contribution in [0.4, 0.5) is 5.69 Å². The maximum Gasteiger partial charge on any atom is 0.234 e. The Labute approximate surface area is 181 Å². The molecule has 0 aliphatic carbocycles. The highest BCUT2D eigenvalue weighted by Crippen LogP contribution is 2.34. The molecular weight excluding hydrogens is 426 g/mol. The fraction of sp³-hybridized carbons (Fsp3) is 0.200. The third kappa shape index (κ3) is 4.29. The number of nitrogens with one attached hydrogen (secondary N) is 1. The lowest BCUT2D eigenvalue weighted by atomic mass is 10.1. The third-order valence-corrected chi connectivity index (χ3v) is 6.48. The lowest BCUT2D eigenvalue weighted by Crippen LogP contribution is -2.15.